The van der Waals surface area contributed by atoms with Gasteiger partial charge in [-0.25, -0.2) is 4.79 Å². The van der Waals surface area contributed by atoms with E-state index in [4.69, 9.17) is 0 Å². The molecule has 0 aliphatic carbocycles. The maximum atomic E-state index is 11.3. The summed E-state index contributed by atoms with van der Waals surface area (Å²) >= 11 is 0. The minimum Gasteiger partial charge on any atom is -0.465 e. The fourth-order valence-electron chi connectivity index (χ4n) is 3.15. The molecule has 2 N–H and O–H groups in total. The van der Waals surface area contributed by atoms with Crippen LogP contribution in [0.2, 0.25) is 0 Å². The van der Waals surface area contributed by atoms with Gasteiger partial charge in [0.1, 0.15) is 0 Å². The zero-order chi connectivity index (χ0) is 16.4. The molecule has 0 saturated heterocycles. The van der Waals surface area contributed by atoms with Crippen molar-refractivity contribution < 1.29 is 9.90 Å². The molecule has 4 nitrogen and oxygen atoms in total. The Morgan fingerprint density at radius 3 is 1.78 bits per heavy atom. The Bertz CT molecular complexity index is 817. The maximum Gasteiger partial charge on any atom is 0.407 e. The molecule has 0 unspecified atom stereocenters. The molecule has 4 heteroatoms. The van der Waals surface area contributed by atoms with E-state index in [2.05, 4.69) is 29.6 Å². The lowest BCUT2D eigenvalue weighted by Crippen LogP contribution is -2.24. The molecule has 0 saturated carbocycles. The molecule has 0 radical (unpaired) electrons. The Morgan fingerprint density at radius 2 is 1.39 bits per heavy atom. The summed E-state index contributed by atoms with van der Waals surface area (Å²) in [4.78, 5) is 12.6. The van der Waals surface area contributed by atoms with E-state index in [-0.39, 0.29) is 0 Å². The van der Waals surface area contributed by atoms with Crippen molar-refractivity contribution >= 4 is 27.6 Å². The summed E-state index contributed by atoms with van der Waals surface area (Å²) in [6, 6.07) is 16.4. The van der Waals surface area contributed by atoms with Crippen LogP contribution in [-0.2, 0) is 13.1 Å². The Hall–Kier alpha value is -2.59. The lowest BCUT2D eigenvalue weighted by Gasteiger charge is -2.20. The van der Waals surface area contributed by atoms with Crippen LogP contribution < -0.4 is 5.32 Å². The molecule has 118 valence electrons. The van der Waals surface area contributed by atoms with Gasteiger partial charge in [0.05, 0.1) is 0 Å². The van der Waals surface area contributed by atoms with Crippen molar-refractivity contribution in [2.75, 3.05) is 14.1 Å². The molecular weight excluding hydrogens is 288 g/mol. The van der Waals surface area contributed by atoms with E-state index in [0.29, 0.717) is 6.54 Å². The van der Waals surface area contributed by atoms with Crippen LogP contribution in [0.5, 0.6) is 0 Å². The molecule has 3 aromatic carbocycles. The quantitative estimate of drug-likeness (QED) is 0.720. The standard InChI is InChI=1S/C19H20N2O2/c1-20-11-17-13-7-3-5-9-15(13)18(12-21(2)19(22)23)16-10-6-4-8-14(16)17/h3-10,20H,11-12H2,1-2H3,(H,22,23). The molecule has 3 rings (SSSR count). The minimum atomic E-state index is -0.919. The molecule has 0 bridgehead atoms. The van der Waals surface area contributed by atoms with Gasteiger partial charge in [0, 0.05) is 20.1 Å². The predicted octanol–water partition coefficient (Wildman–Crippen LogP) is 3.82. The summed E-state index contributed by atoms with van der Waals surface area (Å²) in [7, 11) is 3.54. The van der Waals surface area contributed by atoms with Gasteiger partial charge in [-0.3, -0.25) is 0 Å². The number of nitrogens with zero attached hydrogens (tertiary/aromatic N) is 1. The van der Waals surface area contributed by atoms with Crippen LogP contribution >= 0.6 is 0 Å². The Kier molecular flexibility index (Phi) is 4.17. The first kappa shape index (κ1) is 15.3. The summed E-state index contributed by atoms with van der Waals surface area (Å²) < 4.78 is 0. The zero-order valence-corrected chi connectivity index (χ0v) is 13.3. The first-order chi connectivity index (χ1) is 11.1. The molecule has 0 spiro atoms. The molecule has 0 aromatic heterocycles. The third kappa shape index (κ3) is 2.73. The summed E-state index contributed by atoms with van der Waals surface area (Å²) in [6.45, 7) is 1.15. The van der Waals surface area contributed by atoms with E-state index >= 15 is 0 Å². The smallest absolute Gasteiger partial charge is 0.407 e. The number of fused-ring (bicyclic) bond motifs is 2. The van der Waals surface area contributed by atoms with Crippen LogP contribution in [0.15, 0.2) is 48.5 Å². The topological polar surface area (TPSA) is 52.6 Å². The van der Waals surface area contributed by atoms with Crippen molar-refractivity contribution in [2.24, 2.45) is 0 Å². The van der Waals surface area contributed by atoms with Crippen LogP contribution in [0.3, 0.4) is 0 Å². The normalized spacial score (nSPS) is 11.0. The predicted molar refractivity (Wildman–Crippen MR) is 93.7 cm³/mol. The second kappa shape index (κ2) is 6.26. The number of hydrogen-bond acceptors (Lipinski definition) is 2. The van der Waals surface area contributed by atoms with Gasteiger partial charge in [-0.1, -0.05) is 48.5 Å². The van der Waals surface area contributed by atoms with Crippen LogP contribution in [-0.4, -0.2) is 30.2 Å². The highest BCUT2D eigenvalue weighted by atomic mass is 16.4. The molecule has 0 heterocycles. The summed E-state index contributed by atoms with van der Waals surface area (Å²) in [5.41, 5.74) is 2.31. The number of amides is 1. The molecule has 1 amide bonds. The number of rotatable bonds is 4. The highest BCUT2D eigenvalue weighted by Gasteiger charge is 2.15. The molecule has 0 fully saturated rings. The van der Waals surface area contributed by atoms with Crippen LogP contribution in [0.25, 0.3) is 21.5 Å². The van der Waals surface area contributed by atoms with Gasteiger partial charge in [0.25, 0.3) is 0 Å². The largest absolute Gasteiger partial charge is 0.465 e. The molecule has 3 aromatic rings. The van der Waals surface area contributed by atoms with Gasteiger partial charge in [0.2, 0.25) is 0 Å². The van der Waals surface area contributed by atoms with Crippen molar-refractivity contribution in [3.05, 3.63) is 59.7 Å². The zero-order valence-electron chi connectivity index (χ0n) is 13.3. The van der Waals surface area contributed by atoms with Crippen LogP contribution in [0.4, 0.5) is 4.79 Å². The van der Waals surface area contributed by atoms with Gasteiger partial charge in [-0.2, -0.15) is 0 Å². The molecular formula is C19H20N2O2. The number of hydrogen-bond donors (Lipinski definition) is 2. The summed E-state index contributed by atoms with van der Waals surface area (Å²) in [5, 5.41) is 17.1. The number of carboxylic acid groups (broad SMARTS) is 1. The third-order valence-electron chi connectivity index (χ3n) is 4.23. The van der Waals surface area contributed by atoms with Gasteiger partial charge < -0.3 is 15.3 Å². The van der Waals surface area contributed by atoms with Crippen molar-refractivity contribution in [3.63, 3.8) is 0 Å². The van der Waals surface area contributed by atoms with Gasteiger partial charge in [-0.05, 0) is 39.7 Å². The van der Waals surface area contributed by atoms with E-state index in [1.54, 1.807) is 7.05 Å². The SMILES string of the molecule is CNCc1c2ccccc2c(CN(C)C(=O)O)c2ccccc12. The monoisotopic (exact) mass is 308 g/mol. The first-order valence-electron chi connectivity index (χ1n) is 7.63. The van der Waals surface area contributed by atoms with Gasteiger partial charge >= 0.3 is 6.09 Å². The van der Waals surface area contributed by atoms with Crippen molar-refractivity contribution in [1.82, 2.24) is 10.2 Å². The van der Waals surface area contributed by atoms with E-state index in [0.717, 1.165) is 22.9 Å². The lowest BCUT2D eigenvalue weighted by atomic mass is 9.91. The van der Waals surface area contributed by atoms with E-state index in [1.807, 2.05) is 31.3 Å². The van der Waals surface area contributed by atoms with Crippen molar-refractivity contribution in [2.45, 2.75) is 13.1 Å². The first-order valence-corrected chi connectivity index (χ1v) is 7.63. The Labute approximate surface area is 135 Å². The molecule has 0 aliphatic rings. The van der Waals surface area contributed by atoms with E-state index in [1.165, 1.54) is 21.2 Å². The molecule has 0 aliphatic heterocycles. The average molecular weight is 308 g/mol. The highest BCUT2D eigenvalue weighted by molar-refractivity contribution is 6.05. The third-order valence-corrected chi connectivity index (χ3v) is 4.23. The highest BCUT2D eigenvalue weighted by Crippen LogP contribution is 2.33. The fraction of sp³-hybridized carbons (Fsp3) is 0.211. The minimum absolute atomic E-state index is 0.371. The summed E-state index contributed by atoms with van der Waals surface area (Å²) in [6.07, 6.45) is -0.919. The fourth-order valence-corrected chi connectivity index (χ4v) is 3.15. The Morgan fingerprint density at radius 1 is 0.957 bits per heavy atom. The van der Waals surface area contributed by atoms with Gasteiger partial charge in [0.15, 0.2) is 0 Å². The van der Waals surface area contributed by atoms with Gasteiger partial charge in [-0.15, -0.1) is 0 Å². The maximum absolute atomic E-state index is 11.3. The van der Waals surface area contributed by atoms with Crippen molar-refractivity contribution in [1.29, 1.82) is 0 Å². The molecule has 23 heavy (non-hydrogen) atoms. The van der Waals surface area contributed by atoms with Crippen LogP contribution in [0.1, 0.15) is 11.1 Å². The molecule has 0 atom stereocenters. The number of carbonyl (C=O) groups is 1. The Balaban J connectivity index is 2.36. The second-order valence-electron chi connectivity index (χ2n) is 5.72. The summed E-state index contributed by atoms with van der Waals surface area (Å²) in [5.74, 6) is 0. The van der Waals surface area contributed by atoms with Crippen LogP contribution in [0, 0.1) is 0 Å². The average Bonchev–Trinajstić information content (AvgIpc) is 2.57. The van der Waals surface area contributed by atoms with E-state index in [9.17, 15) is 9.90 Å². The lowest BCUT2D eigenvalue weighted by molar-refractivity contribution is 0.154. The number of nitrogens with one attached hydrogen (secondary N) is 1. The second-order valence-corrected chi connectivity index (χ2v) is 5.72. The van der Waals surface area contributed by atoms with Crippen molar-refractivity contribution in [3.8, 4) is 0 Å². The number of benzene rings is 3. The van der Waals surface area contributed by atoms with E-state index < -0.39 is 6.09 Å².